The summed E-state index contributed by atoms with van der Waals surface area (Å²) in [5.74, 6) is 4.18. The van der Waals surface area contributed by atoms with E-state index in [4.69, 9.17) is 0 Å². The Kier molecular flexibility index (Phi) is 3.18. The Hall–Kier alpha value is -0.330. The van der Waals surface area contributed by atoms with Gasteiger partial charge in [0.05, 0.1) is 0 Å². The van der Waals surface area contributed by atoms with Crippen molar-refractivity contribution in [3.63, 3.8) is 0 Å². The van der Waals surface area contributed by atoms with Crippen LogP contribution < -0.4 is 0 Å². The van der Waals surface area contributed by atoms with Gasteiger partial charge in [0.1, 0.15) is 5.78 Å². The lowest BCUT2D eigenvalue weighted by Gasteiger charge is -2.36. The van der Waals surface area contributed by atoms with Crippen molar-refractivity contribution in [2.45, 2.75) is 52.9 Å². The Morgan fingerprint density at radius 2 is 1.60 bits per heavy atom. The van der Waals surface area contributed by atoms with E-state index in [1.54, 1.807) is 0 Å². The minimum atomic E-state index is 0.354. The van der Waals surface area contributed by atoms with E-state index in [-0.39, 0.29) is 0 Å². The quantitative estimate of drug-likeness (QED) is 0.642. The molecule has 0 N–H and O–H groups in total. The number of hydrogen-bond donors (Lipinski definition) is 0. The summed E-state index contributed by atoms with van der Waals surface area (Å²) in [7, 11) is 0. The third-order valence-electron chi connectivity index (χ3n) is 4.69. The first kappa shape index (κ1) is 11.2. The summed E-state index contributed by atoms with van der Waals surface area (Å²) in [6.45, 7) is 6.91. The van der Waals surface area contributed by atoms with E-state index < -0.39 is 0 Å². The minimum Gasteiger partial charge on any atom is -0.299 e. The van der Waals surface area contributed by atoms with Gasteiger partial charge < -0.3 is 0 Å². The Morgan fingerprint density at radius 1 is 1.00 bits per heavy atom. The van der Waals surface area contributed by atoms with Crippen LogP contribution in [0.4, 0.5) is 0 Å². The molecule has 0 aromatic carbocycles. The van der Waals surface area contributed by atoms with Crippen molar-refractivity contribution in [3.05, 3.63) is 0 Å². The average Bonchev–Trinajstić information content (AvgIpc) is 2.46. The van der Waals surface area contributed by atoms with Crippen LogP contribution >= 0.6 is 0 Å². The second kappa shape index (κ2) is 4.27. The molecule has 0 bridgehead atoms. The summed E-state index contributed by atoms with van der Waals surface area (Å²) in [5.41, 5.74) is 0. The van der Waals surface area contributed by atoms with Gasteiger partial charge in [-0.15, -0.1) is 0 Å². The number of carbonyl (C=O) groups is 1. The molecule has 4 unspecified atom stereocenters. The first-order chi connectivity index (χ1) is 7.08. The highest BCUT2D eigenvalue weighted by Gasteiger charge is 2.38. The molecule has 0 aromatic heterocycles. The van der Waals surface area contributed by atoms with Crippen LogP contribution in [0.5, 0.6) is 0 Å². The maximum atomic E-state index is 11.6. The predicted octanol–water partition coefficient (Wildman–Crippen LogP) is 3.67. The van der Waals surface area contributed by atoms with Crippen LogP contribution in [0.1, 0.15) is 52.9 Å². The van der Waals surface area contributed by atoms with Crippen LogP contribution in [0.3, 0.4) is 0 Å². The molecule has 2 aliphatic rings. The third kappa shape index (κ3) is 2.26. The maximum Gasteiger partial charge on any atom is 0.135 e. The molecule has 4 atom stereocenters. The number of hydrogen-bond acceptors (Lipinski definition) is 1. The molecule has 0 radical (unpaired) electrons. The van der Waals surface area contributed by atoms with Gasteiger partial charge in [-0.2, -0.15) is 0 Å². The van der Waals surface area contributed by atoms with Crippen LogP contribution in [0, 0.1) is 29.6 Å². The SMILES string of the molecule is CC1CC(C)CC(C2CCC(=O)C2C)C1. The highest BCUT2D eigenvalue weighted by atomic mass is 16.1. The normalized spacial score (nSPS) is 47.1. The van der Waals surface area contributed by atoms with Crippen molar-refractivity contribution in [2.24, 2.45) is 29.6 Å². The molecule has 2 fully saturated rings. The van der Waals surface area contributed by atoms with Crippen molar-refractivity contribution < 1.29 is 4.79 Å². The van der Waals surface area contributed by atoms with Crippen molar-refractivity contribution in [1.82, 2.24) is 0 Å². The maximum absolute atomic E-state index is 11.6. The molecule has 0 amide bonds. The van der Waals surface area contributed by atoms with Crippen LogP contribution in [-0.2, 0) is 4.79 Å². The zero-order chi connectivity index (χ0) is 11.0. The van der Waals surface area contributed by atoms with Gasteiger partial charge >= 0.3 is 0 Å². The van der Waals surface area contributed by atoms with E-state index in [2.05, 4.69) is 20.8 Å². The fourth-order valence-corrected chi connectivity index (χ4v) is 4.03. The molecule has 2 rings (SSSR count). The summed E-state index contributed by atoms with van der Waals surface area (Å²) in [6.07, 6.45) is 6.15. The Labute approximate surface area is 93.6 Å². The lowest BCUT2D eigenvalue weighted by atomic mass is 9.69. The van der Waals surface area contributed by atoms with Crippen LogP contribution in [0.25, 0.3) is 0 Å². The smallest absolute Gasteiger partial charge is 0.135 e. The lowest BCUT2D eigenvalue weighted by Crippen LogP contribution is -2.28. The molecule has 1 nitrogen and oxygen atoms in total. The van der Waals surface area contributed by atoms with Crippen molar-refractivity contribution in [2.75, 3.05) is 0 Å². The summed E-state index contributed by atoms with van der Waals surface area (Å²) < 4.78 is 0. The number of Topliss-reactive ketones (excluding diaryl/α,β-unsaturated/α-hetero) is 1. The molecule has 86 valence electrons. The van der Waals surface area contributed by atoms with Gasteiger partial charge in [-0.25, -0.2) is 0 Å². The molecule has 0 spiro atoms. The van der Waals surface area contributed by atoms with Crippen LogP contribution in [0.2, 0.25) is 0 Å². The van der Waals surface area contributed by atoms with E-state index >= 15 is 0 Å². The van der Waals surface area contributed by atoms with Gasteiger partial charge in [0, 0.05) is 12.3 Å². The van der Waals surface area contributed by atoms with Gasteiger partial charge in [0.25, 0.3) is 0 Å². The lowest BCUT2D eigenvalue weighted by molar-refractivity contribution is -0.121. The van der Waals surface area contributed by atoms with Gasteiger partial charge in [0.15, 0.2) is 0 Å². The van der Waals surface area contributed by atoms with Crippen LogP contribution in [0.15, 0.2) is 0 Å². The first-order valence-electron chi connectivity index (χ1n) is 6.60. The van der Waals surface area contributed by atoms with E-state index in [0.717, 1.165) is 24.2 Å². The van der Waals surface area contributed by atoms with Gasteiger partial charge in [0.2, 0.25) is 0 Å². The summed E-state index contributed by atoms with van der Waals surface area (Å²) >= 11 is 0. The predicted molar refractivity (Wildman–Crippen MR) is 62.6 cm³/mol. The summed E-state index contributed by atoms with van der Waals surface area (Å²) in [5, 5.41) is 0. The highest BCUT2D eigenvalue weighted by Crippen LogP contribution is 2.44. The monoisotopic (exact) mass is 208 g/mol. The third-order valence-corrected chi connectivity index (χ3v) is 4.69. The Balaban J connectivity index is 2.01. The molecular weight excluding hydrogens is 184 g/mol. The highest BCUT2D eigenvalue weighted by molar-refractivity contribution is 5.83. The second-order valence-electron chi connectivity index (χ2n) is 6.14. The Bertz CT molecular complexity index is 236. The van der Waals surface area contributed by atoms with E-state index in [0.29, 0.717) is 17.6 Å². The Morgan fingerprint density at radius 3 is 2.07 bits per heavy atom. The van der Waals surface area contributed by atoms with E-state index in [9.17, 15) is 4.79 Å². The molecule has 0 aromatic rings. The summed E-state index contributed by atoms with van der Waals surface area (Å²) in [4.78, 5) is 11.6. The van der Waals surface area contributed by atoms with Crippen molar-refractivity contribution in [3.8, 4) is 0 Å². The van der Waals surface area contributed by atoms with Crippen molar-refractivity contribution in [1.29, 1.82) is 0 Å². The second-order valence-corrected chi connectivity index (χ2v) is 6.14. The molecule has 2 saturated carbocycles. The average molecular weight is 208 g/mol. The standard InChI is InChI=1S/C14H24O/c1-9-6-10(2)8-12(7-9)13-4-5-14(15)11(13)3/h9-13H,4-8H2,1-3H3. The topological polar surface area (TPSA) is 17.1 Å². The number of rotatable bonds is 1. The molecule has 0 aliphatic heterocycles. The minimum absolute atomic E-state index is 0.354. The first-order valence-corrected chi connectivity index (χ1v) is 6.60. The summed E-state index contributed by atoms with van der Waals surface area (Å²) in [6, 6.07) is 0. The van der Waals surface area contributed by atoms with Gasteiger partial charge in [-0.3, -0.25) is 4.79 Å². The zero-order valence-electron chi connectivity index (χ0n) is 10.3. The fourth-order valence-electron chi connectivity index (χ4n) is 4.03. The molecular formula is C14H24O. The molecule has 2 aliphatic carbocycles. The van der Waals surface area contributed by atoms with Crippen LogP contribution in [-0.4, -0.2) is 5.78 Å². The molecule has 15 heavy (non-hydrogen) atoms. The fraction of sp³-hybridized carbons (Fsp3) is 0.929. The molecule has 0 saturated heterocycles. The van der Waals surface area contributed by atoms with Gasteiger partial charge in [-0.1, -0.05) is 20.8 Å². The molecule has 1 heteroatoms. The van der Waals surface area contributed by atoms with E-state index in [1.807, 2.05) is 0 Å². The van der Waals surface area contributed by atoms with E-state index in [1.165, 1.54) is 25.7 Å². The van der Waals surface area contributed by atoms with Gasteiger partial charge in [-0.05, 0) is 49.4 Å². The van der Waals surface area contributed by atoms with Crippen molar-refractivity contribution >= 4 is 5.78 Å². The number of ketones is 1. The molecule has 0 heterocycles. The number of carbonyl (C=O) groups excluding carboxylic acids is 1. The largest absolute Gasteiger partial charge is 0.299 e. The zero-order valence-corrected chi connectivity index (χ0v) is 10.3.